The fourth-order valence-corrected chi connectivity index (χ4v) is 2.12. The van der Waals surface area contributed by atoms with Gasteiger partial charge in [-0.1, -0.05) is 22.0 Å². The SMILES string of the molecule is OC(Cc1cccnc1)c1c(F)cc(Br)cc1F. The molecule has 1 aromatic heterocycles. The number of benzene rings is 1. The van der Waals surface area contributed by atoms with E-state index in [0.717, 1.165) is 12.1 Å². The first-order valence-corrected chi connectivity index (χ1v) is 6.08. The van der Waals surface area contributed by atoms with Gasteiger partial charge in [-0.25, -0.2) is 8.78 Å². The Morgan fingerprint density at radius 2 is 1.94 bits per heavy atom. The van der Waals surface area contributed by atoms with E-state index in [1.165, 1.54) is 0 Å². The predicted octanol–water partition coefficient (Wildman–Crippen LogP) is 3.40. The third-order valence-corrected chi connectivity index (χ3v) is 2.99. The maximum Gasteiger partial charge on any atom is 0.133 e. The molecule has 0 radical (unpaired) electrons. The highest BCUT2D eigenvalue weighted by Crippen LogP contribution is 2.26. The Bertz CT molecular complexity index is 525. The summed E-state index contributed by atoms with van der Waals surface area (Å²) in [4.78, 5) is 3.88. The average molecular weight is 314 g/mol. The van der Waals surface area contributed by atoms with Gasteiger partial charge in [-0.15, -0.1) is 0 Å². The van der Waals surface area contributed by atoms with Gasteiger partial charge in [0.05, 0.1) is 11.7 Å². The van der Waals surface area contributed by atoms with Gasteiger partial charge in [-0.05, 0) is 23.8 Å². The highest BCUT2D eigenvalue weighted by molar-refractivity contribution is 9.10. The fourth-order valence-electron chi connectivity index (χ4n) is 1.72. The van der Waals surface area contributed by atoms with Crippen molar-refractivity contribution in [1.82, 2.24) is 4.98 Å². The van der Waals surface area contributed by atoms with E-state index in [1.807, 2.05) is 0 Å². The quantitative estimate of drug-likeness (QED) is 0.942. The molecule has 0 bridgehead atoms. The lowest BCUT2D eigenvalue weighted by molar-refractivity contribution is 0.168. The van der Waals surface area contributed by atoms with Crippen molar-refractivity contribution in [3.8, 4) is 0 Å². The number of aliphatic hydroxyl groups is 1. The monoisotopic (exact) mass is 313 g/mol. The number of hydrogen-bond acceptors (Lipinski definition) is 2. The van der Waals surface area contributed by atoms with Crippen LogP contribution in [-0.2, 0) is 6.42 Å². The molecule has 5 heteroatoms. The van der Waals surface area contributed by atoms with Crippen molar-refractivity contribution >= 4 is 15.9 Å². The summed E-state index contributed by atoms with van der Waals surface area (Å²) in [5.41, 5.74) is 0.397. The molecule has 1 heterocycles. The third kappa shape index (κ3) is 2.91. The minimum absolute atomic E-state index is 0.114. The molecule has 0 amide bonds. The van der Waals surface area contributed by atoms with E-state index in [9.17, 15) is 13.9 Å². The zero-order valence-corrected chi connectivity index (χ0v) is 10.9. The third-order valence-electron chi connectivity index (χ3n) is 2.53. The predicted molar refractivity (Wildman–Crippen MR) is 67.0 cm³/mol. The number of nitrogens with zero attached hydrogens (tertiary/aromatic N) is 1. The molecule has 1 N–H and O–H groups in total. The second-order valence-electron chi connectivity index (χ2n) is 3.86. The zero-order chi connectivity index (χ0) is 13.1. The van der Waals surface area contributed by atoms with Crippen LogP contribution in [0.3, 0.4) is 0 Å². The molecule has 0 aliphatic rings. The maximum absolute atomic E-state index is 13.6. The van der Waals surface area contributed by atoms with Crippen LogP contribution in [0.4, 0.5) is 8.78 Å². The van der Waals surface area contributed by atoms with E-state index >= 15 is 0 Å². The van der Waals surface area contributed by atoms with Crippen LogP contribution in [0.1, 0.15) is 17.2 Å². The molecule has 1 atom stereocenters. The van der Waals surface area contributed by atoms with Gasteiger partial charge in [0.15, 0.2) is 0 Å². The van der Waals surface area contributed by atoms with Crippen LogP contribution in [0.2, 0.25) is 0 Å². The van der Waals surface area contributed by atoms with E-state index in [1.54, 1.807) is 24.5 Å². The molecule has 18 heavy (non-hydrogen) atoms. The summed E-state index contributed by atoms with van der Waals surface area (Å²) in [6.45, 7) is 0. The van der Waals surface area contributed by atoms with Gasteiger partial charge >= 0.3 is 0 Å². The number of aliphatic hydroxyl groups excluding tert-OH is 1. The molecule has 0 spiro atoms. The van der Waals surface area contributed by atoms with Crippen molar-refractivity contribution in [3.05, 3.63) is 63.9 Å². The first-order chi connectivity index (χ1) is 8.58. The van der Waals surface area contributed by atoms with Crippen LogP contribution in [0.25, 0.3) is 0 Å². The van der Waals surface area contributed by atoms with Gasteiger partial charge in [0.25, 0.3) is 0 Å². The molecule has 0 saturated carbocycles. The normalized spacial score (nSPS) is 12.4. The lowest BCUT2D eigenvalue weighted by Crippen LogP contribution is -2.07. The van der Waals surface area contributed by atoms with Gasteiger partial charge in [-0.2, -0.15) is 0 Å². The number of halogens is 3. The molecule has 2 rings (SSSR count). The molecular weight excluding hydrogens is 304 g/mol. The van der Waals surface area contributed by atoms with E-state index in [2.05, 4.69) is 20.9 Å². The van der Waals surface area contributed by atoms with Crippen LogP contribution >= 0.6 is 15.9 Å². The van der Waals surface area contributed by atoms with Crippen LogP contribution in [0, 0.1) is 11.6 Å². The molecule has 1 aromatic carbocycles. The Morgan fingerprint density at radius 3 is 2.50 bits per heavy atom. The van der Waals surface area contributed by atoms with Crippen LogP contribution < -0.4 is 0 Å². The standard InChI is InChI=1S/C13H10BrF2NO/c14-9-5-10(15)13(11(16)6-9)12(18)4-8-2-1-3-17-7-8/h1-3,5-7,12,18H,4H2. The minimum atomic E-state index is -1.23. The van der Waals surface area contributed by atoms with Gasteiger partial charge in [0.1, 0.15) is 11.6 Å². The summed E-state index contributed by atoms with van der Waals surface area (Å²) in [6.07, 6.45) is 2.03. The van der Waals surface area contributed by atoms with Crippen molar-refractivity contribution in [1.29, 1.82) is 0 Å². The molecule has 94 valence electrons. The van der Waals surface area contributed by atoms with Crippen LogP contribution in [0.15, 0.2) is 41.1 Å². The Labute approximate surface area is 111 Å². The first-order valence-electron chi connectivity index (χ1n) is 5.29. The van der Waals surface area contributed by atoms with E-state index < -0.39 is 17.7 Å². The summed E-state index contributed by atoms with van der Waals surface area (Å²) < 4.78 is 27.5. The second kappa shape index (κ2) is 5.54. The van der Waals surface area contributed by atoms with Gasteiger partial charge in [0, 0.05) is 23.3 Å². The number of rotatable bonds is 3. The number of hydrogen-bond donors (Lipinski definition) is 1. The van der Waals surface area contributed by atoms with Crippen molar-refractivity contribution in [2.45, 2.75) is 12.5 Å². The largest absolute Gasteiger partial charge is 0.388 e. The van der Waals surface area contributed by atoms with Gasteiger partial charge in [-0.3, -0.25) is 4.98 Å². The summed E-state index contributed by atoms with van der Waals surface area (Å²) >= 11 is 2.99. The van der Waals surface area contributed by atoms with E-state index in [0.29, 0.717) is 10.0 Å². The molecule has 2 aromatic rings. The Hall–Kier alpha value is -1.33. The van der Waals surface area contributed by atoms with Crippen molar-refractivity contribution in [2.75, 3.05) is 0 Å². The maximum atomic E-state index is 13.6. The first kappa shape index (κ1) is 13.1. The van der Waals surface area contributed by atoms with E-state index in [-0.39, 0.29) is 12.0 Å². The highest BCUT2D eigenvalue weighted by atomic mass is 79.9. The summed E-state index contributed by atoms with van der Waals surface area (Å²) in [5.74, 6) is -1.53. The topological polar surface area (TPSA) is 33.1 Å². The molecule has 1 unspecified atom stereocenters. The Morgan fingerprint density at radius 1 is 1.28 bits per heavy atom. The molecule has 0 aliphatic heterocycles. The van der Waals surface area contributed by atoms with E-state index in [4.69, 9.17) is 0 Å². The average Bonchev–Trinajstić information content (AvgIpc) is 2.28. The lowest BCUT2D eigenvalue weighted by atomic mass is 10.0. The zero-order valence-electron chi connectivity index (χ0n) is 9.28. The summed E-state index contributed by atoms with van der Waals surface area (Å²) in [6, 6.07) is 5.71. The molecule has 2 nitrogen and oxygen atoms in total. The molecule has 0 aliphatic carbocycles. The van der Waals surface area contributed by atoms with Crippen molar-refractivity contribution in [2.24, 2.45) is 0 Å². The van der Waals surface area contributed by atoms with Crippen LogP contribution in [0.5, 0.6) is 0 Å². The molecule has 0 fully saturated rings. The highest BCUT2D eigenvalue weighted by Gasteiger charge is 2.19. The fraction of sp³-hybridized carbons (Fsp3) is 0.154. The second-order valence-corrected chi connectivity index (χ2v) is 4.78. The van der Waals surface area contributed by atoms with Crippen LogP contribution in [-0.4, -0.2) is 10.1 Å². The summed E-state index contributed by atoms with van der Waals surface area (Å²) in [7, 11) is 0. The minimum Gasteiger partial charge on any atom is -0.388 e. The smallest absolute Gasteiger partial charge is 0.133 e. The number of aromatic nitrogens is 1. The Balaban J connectivity index is 2.27. The van der Waals surface area contributed by atoms with Gasteiger partial charge < -0.3 is 5.11 Å². The van der Waals surface area contributed by atoms with Crippen molar-refractivity contribution < 1.29 is 13.9 Å². The van der Waals surface area contributed by atoms with Gasteiger partial charge in [0.2, 0.25) is 0 Å². The summed E-state index contributed by atoms with van der Waals surface area (Å²) in [5, 5.41) is 9.90. The molecular formula is C13H10BrF2NO. The van der Waals surface area contributed by atoms with Crippen molar-refractivity contribution in [3.63, 3.8) is 0 Å². The number of pyridine rings is 1. The Kier molecular flexibility index (Phi) is 4.04. The lowest BCUT2D eigenvalue weighted by Gasteiger charge is -2.13. The molecule has 0 saturated heterocycles.